The molecule has 0 radical (unpaired) electrons. The highest BCUT2D eigenvalue weighted by molar-refractivity contribution is 5.98. The summed E-state index contributed by atoms with van der Waals surface area (Å²) in [6.07, 6.45) is 2.07. The summed E-state index contributed by atoms with van der Waals surface area (Å²) in [5.41, 5.74) is 3.11. The molecule has 92 valence electrons. The first-order chi connectivity index (χ1) is 9.36. The van der Waals surface area contributed by atoms with Crippen molar-refractivity contribution >= 4 is 27.5 Å². The van der Waals surface area contributed by atoms with Crippen LogP contribution in [-0.2, 0) is 0 Å². The monoisotopic (exact) mass is 248 g/mol. The zero-order valence-corrected chi connectivity index (χ0v) is 10.5. The summed E-state index contributed by atoms with van der Waals surface area (Å²) in [4.78, 5) is 4.73. The Morgan fingerprint density at radius 1 is 1.05 bits per heavy atom. The number of nitrogens with zero attached hydrogens (tertiary/aromatic N) is 2. The zero-order chi connectivity index (χ0) is 12.8. The molecule has 0 unspecified atom stereocenters. The van der Waals surface area contributed by atoms with Crippen molar-refractivity contribution in [2.75, 3.05) is 7.11 Å². The average molecular weight is 248 g/mol. The Hall–Kier alpha value is -2.55. The number of para-hydroxylation sites is 2. The summed E-state index contributed by atoms with van der Waals surface area (Å²) < 4.78 is 7.43. The lowest BCUT2D eigenvalue weighted by atomic mass is 10.1. The molecule has 0 fully saturated rings. The molecule has 2 aromatic heterocycles. The van der Waals surface area contributed by atoms with Gasteiger partial charge >= 0.3 is 0 Å². The second-order valence-corrected chi connectivity index (χ2v) is 4.56. The van der Waals surface area contributed by atoms with E-state index in [9.17, 15) is 0 Å². The van der Waals surface area contributed by atoms with Crippen LogP contribution in [0, 0.1) is 0 Å². The van der Waals surface area contributed by atoms with Crippen molar-refractivity contribution in [3.8, 4) is 5.75 Å². The number of methoxy groups -OCH3 is 1. The standard InChI is InChI=1S/C16H12N2O/c1-19-12-7-6-11-8-9-18-15-5-3-2-4-14(15)17-16(18)13(11)10-12/h2-10H,1H3. The van der Waals surface area contributed by atoms with Gasteiger partial charge in [0.15, 0.2) is 0 Å². The third kappa shape index (κ3) is 1.41. The average Bonchev–Trinajstić information content (AvgIpc) is 2.85. The van der Waals surface area contributed by atoms with Gasteiger partial charge in [-0.05, 0) is 35.7 Å². The van der Waals surface area contributed by atoms with Gasteiger partial charge in [-0.25, -0.2) is 4.98 Å². The first kappa shape index (κ1) is 10.4. The van der Waals surface area contributed by atoms with Gasteiger partial charge in [0.1, 0.15) is 11.4 Å². The second kappa shape index (κ2) is 3.72. The van der Waals surface area contributed by atoms with Crippen molar-refractivity contribution in [1.29, 1.82) is 0 Å². The summed E-state index contributed by atoms with van der Waals surface area (Å²) in [7, 11) is 1.68. The van der Waals surface area contributed by atoms with Gasteiger partial charge in [0, 0.05) is 11.6 Å². The van der Waals surface area contributed by atoms with Crippen molar-refractivity contribution in [3.63, 3.8) is 0 Å². The maximum Gasteiger partial charge on any atom is 0.145 e. The highest BCUT2D eigenvalue weighted by Crippen LogP contribution is 2.27. The molecule has 0 aliphatic rings. The van der Waals surface area contributed by atoms with Crippen LogP contribution < -0.4 is 4.74 Å². The SMILES string of the molecule is COc1ccc2ccn3c4ccccc4nc3c2c1. The fraction of sp³-hybridized carbons (Fsp3) is 0.0625. The Kier molecular flexibility index (Phi) is 2.03. The van der Waals surface area contributed by atoms with Gasteiger partial charge in [0.25, 0.3) is 0 Å². The zero-order valence-electron chi connectivity index (χ0n) is 10.5. The number of pyridine rings is 1. The van der Waals surface area contributed by atoms with E-state index in [1.807, 2.05) is 30.3 Å². The molecule has 0 saturated heterocycles. The number of benzene rings is 2. The molecule has 19 heavy (non-hydrogen) atoms. The number of aromatic nitrogens is 2. The molecule has 2 aromatic carbocycles. The Morgan fingerprint density at radius 2 is 1.95 bits per heavy atom. The fourth-order valence-electron chi connectivity index (χ4n) is 2.54. The van der Waals surface area contributed by atoms with Crippen molar-refractivity contribution in [1.82, 2.24) is 9.38 Å². The first-order valence-corrected chi connectivity index (χ1v) is 6.20. The van der Waals surface area contributed by atoms with Crippen LogP contribution >= 0.6 is 0 Å². The van der Waals surface area contributed by atoms with Gasteiger partial charge in [-0.3, -0.25) is 4.40 Å². The third-order valence-electron chi connectivity index (χ3n) is 3.50. The first-order valence-electron chi connectivity index (χ1n) is 6.20. The van der Waals surface area contributed by atoms with Crippen LogP contribution in [0.3, 0.4) is 0 Å². The molecular formula is C16H12N2O. The minimum absolute atomic E-state index is 0.854. The summed E-state index contributed by atoms with van der Waals surface area (Å²) in [6.45, 7) is 0. The van der Waals surface area contributed by atoms with Crippen LogP contribution in [0.5, 0.6) is 5.75 Å². The van der Waals surface area contributed by atoms with Crippen molar-refractivity contribution < 1.29 is 4.74 Å². The molecule has 3 heteroatoms. The van der Waals surface area contributed by atoms with Crippen molar-refractivity contribution in [3.05, 3.63) is 54.7 Å². The quantitative estimate of drug-likeness (QED) is 0.514. The van der Waals surface area contributed by atoms with E-state index in [1.54, 1.807) is 7.11 Å². The molecule has 0 atom stereocenters. The molecule has 0 N–H and O–H groups in total. The van der Waals surface area contributed by atoms with Crippen LogP contribution in [0.2, 0.25) is 0 Å². The van der Waals surface area contributed by atoms with E-state index in [0.29, 0.717) is 0 Å². The van der Waals surface area contributed by atoms with E-state index in [0.717, 1.165) is 27.8 Å². The normalized spacial score (nSPS) is 11.4. The molecule has 0 saturated carbocycles. The number of ether oxygens (including phenoxy) is 1. The summed E-state index contributed by atoms with van der Waals surface area (Å²) in [5.74, 6) is 0.854. The van der Waals surface area contributed by atoms with Crippen molar-refractivity contribution in [2.24, 2.45) is 0 Å². The molecule has 4 rings (SSSR count). The summed E-state index contributed by atoms with van der Waals surface area (Å²) >= 11 is 0. The van der Waals surface area contributed by atoms with Crippen LogP contribution in [0.25, 0.3) is 27.5 Å². The van der Waals surface area contributed by atoms with Crippen LogP contribution in [-0.4, -0.2) is 16.5 Å². The minimum Gasteiger partial charge on any atom is -0.497 e. The lowest BCUT2D eigenvalue weighted by Crippen LogP contribution is -1.87. The van der Waals surface area contributed by atoms with E-state index < -0.39 is 0 Å². The molecule has 0 aliphatic heterocycles. The predicted octanol–water partition coefficient (Wildman–Crippen LogP) is 3.65. The maximum absolute atomic E-state index is 5.31. The Labute approximate surface area is 110 Å². The Morgan fingerprint density at radius 3 is 2.84 bits per heavy atom. The van der Waals surface area contributed by atoms with Gasteiger partial charge in [-0.2, -0.15) is 0 Å². The fourth-order valence-corrected chi connectivity index (χ4v) is 2.54. The van der Waals surface area contributed by atoms with Crippen LogP contribution in [0.4, 0.5) is 0 Å². The van der Waals surface area contributed by atoms with Gasteiger partial charge in [-0.15, -0.1) is 0 Å². The number of hydrogen-bond acceptors (Lipinski definition) is 2. The van der Waals surface area contributed by atoms with Gasteiger partial charge in [0.2, 0.25) is 0 Å². The highest BCUT2D eigenvalue weighted by atomic mass is 16.5. The molecule has 0 bridgehead atoms. The molecule has 0 spiro atoms. The molecule has 0 aliphatic carbocycles. The second-order valence-electron chi connectivity index (χ2n) is 4.56. The maximum atomic E-state index is 5.31. The highest BCUT2D eigenvalue weighted by Gasteiger charge is 2.07. The number of hydrogen-bond donors (Lipinski definition) is 0. The van der Waals surface area contributed by atoms with Gasteiger partial charge in [-0.1, -0.05) is 18.2 Å². The predicted molar refractivity (Wildman–Crippen MR) is 76.8 cm³/mol. The minimum atomic E-state index is 0.854. The Balaban J connectivity index is 2.23. The number of rotatable bonds is 1. The molecule has 2 heterocycles. The van der Waals surface area contributed by atoms with Gasteiger partial charge in [0.05, 0.1) is 18.1 Å². The van der Waals surface area contributed by atoms with E-state index in [2.05, 4.69) is 28.8 Å². The number of fused-ring (bicyclic) bond motifs is 5. The topological polar surface area (TPSA) is 26.5 Å². The summed E-state index contributed by atoms with van der Waals surface area (Å²) in [5, 5.41) is 2.28. The number of imidazole rings is 1. The summed E-state index contributed by atoms with van der Waals surface area (Å²) in [6, 6.07) is 16.3. The smallest absolute Gasteiger partial charge is 0.145 e. The molecule has 3 nitrogen and oxygen atoms in total. The molecular weight excluding hydrogens is 236 g/mol. The van der Waals surface area contributed by atoms with Crippen molar-refractivity contribution in [2.45, 2.75) is 0 Å². The largest absolute Gasteiger partial charge is 0.497 e. The Bertz CT molecular complexity index is 908. The third-order valence-corrected chi connectivity index (χ3v) is 3.50. The lowest BCUT2D eigenvalue weighted by molar-refractivity contribution is 0.415. The van der Waals surface area contributed by atoms with E-state index in [4.69, 9.17) is 9.72 Å². The van der Waals surface area contributed by atoms with Crippen LogP contribution in [0.1, 0.15) is 0 Å². The van der Waals surface area contributed by atoms with E-state index >= 15 is 0 Å². The molecule has 4 aromatic rings. The van der Waals surface area contributed by atoms with Gasteiger partial charge < -0.3 is 4.74 Å². The van der Waals surface area contributed by atoms with E-state index in [-0.39, 0.29) is 0 Å². The molecule has 0 amide bonds. The van der Waals surface area contributed by atoms with E-state index in [1.165, 1.54) is 5.39 Å². The van der Waals surface area contributed by atoms with Crippen LogP contribution in [0.15, 0.2) is 54.7 Å². The lowest BCUT2D eigenvalue weighted by Gasteiger charge is -2.04.